The minimum absolute atomic E-state index is 0.0213. The Hall–Kier alpha value is -1.32. The van der Waals surface area contributed by atoms with Crippen LogP contribution in [0.2, 0.25) is 0 Å². The van der Waals surface area contributed by atoms with Crippen LogP contribution in [0.3, 0.4) is 0 Å². The van der Waals surface area contributed by atoms with Gasteiger partial charge in [0.25, 0.3) is 0 Å². The Balaban J connectivity index is 3.25. The van der Waals surface area contributed by atoms with Crippen LogP contribution in [0.15, 0.2) is 12.2 Å². The standard InChI is InChI=1S/C19H35NO3/c1-3-4-5-6-7-8-9-10-11-12-13-14-15-18(21)20-16-17(2)19(22)23/h2-16H2,1H3,(H,20,21)(H,22,23). The van der Waals surface area contributed by atoms with Gasteiger partial charge in [0.2, 0.25) is 5.91 Å². The van der Waals surface area contributed by atoms with Gasteiger partial charge in [-0.05, 0) is 6.42 Å². The van der Waals surface area contributed by atoms with Crippen LogP contribution >= 0.6 is 0 Å². The molecule has 0 fully saturated rings. The van der Waals surface area contributed by atoms with E-state index in [0.717, 1.165) is 12.8 Å². The van der Waals surface area contributed by atoms with Gasteiger partial charge in [0, 0.05) is 18.5 Å². The second kappa shape index (κ2) is 15.6. The van der Waals surface area contributed by atoms with Crippen LogP contribution < -0.4 is 5.32 Å². The summed E-state index contributed by atoms with van der Waals surface area (Å²) in [5.74, 6) is -1.14. The quantitative estimate of drug-likeness (QED) is 0.315. The number of nitrogens with one attached hydrogen (secondary N) is 1. The van der Waals surface area contributed by atoms with Gasteiger partial charge < -0.3 is 10.4 Å². The zero-order chi connectivity index (χ0) is 17.3. The number of carbonyl (C=O) groups is 2. The normalized spacial score (nSPS) is 10.5. The third-order valence-electron chi connectivity index (χ3n) is 4.06. The maximum Gasteiger partial charge on any atom is 0.332 e. The van der Waals surface area contributed by atoms with E-state index < -0.39 is 5.97 Å². The highest BCUT2D eigenvalue weighted by atomic mass is 16.4. The molecule has 0 bridgehead atoms. The molecule has 23 heavy (non-hydrogen) atoms. The number of unbranched alkanes of at least 4 members (excludes halogenated alkanes) is 11. The van der Waals surface area contributed by atoms with E-state index in [-0.39, 0.29) is 18.0 Å². The number of hydrogen-bond acceptors (Lipinski definition) is 2. The predicted molar refractivity (Wildman–Crippen MR) is 95.5 cm³/mol. The van der Waals surface area contributed by atoms with E-state index in [1.165, 1.54) is 64.2 Å². The lowest BCUT2D eigenvalue weighted by molar-refractivity contribution is -0.132. The maximum absolute atomic E-state index is 11.5. The molecule has 0 unspecified atom stereocenters. The average molecular weight is 325 g/mol. The minimum Gasteiger partial charge on any atom is -0.478 e. The van der Waals surface area contributed by atoms with Gasteiger partial charge in [-0.3, -0.25) is 4.79 Å². The Morgan fingerprint density at radius 2 is 1.26 bits per heavy atom. The van der Waals surface area contributed by atoms with Crippen molar-refractivity contribution < 1.29 is 14.7 Å². The molecular formula is C19H35NO3. The highest BCUT2D eigenvalue weighted by Crippen LogP contribution is 2.12. The van der Waals surface area contributed by atoms with Crippen molar-refractivity contribution in [1.29, 1.82) is 0 Å². The molecule has 0 aromatic heterocycles. The molecule has 4 nitrogen and oxygen atoms in total. The summed E-state index contributed by atoms with van der Waals surface area (Å²) in [7, 11) is 0. The molecule has 0 aromatic rings. The van der Waals surface area contributed by atoms with Gasteiger partial charge in [0.15, 0.2) is 0 Å². The van der Waals surface area contributed by atoms with Crippen molar-refractivity contribution in [2.45, 2.75) is 90.4 Å². The molecule has 2 N–H and O–H groups in total. The lowest BCUT2D eigenvalue weighted by Gasteiger charge is -2.05. The Kier molecular flexibility index (Phi) is 14.7. The second-order valence-electron chi connectivity index (χ2n) is 6.32. The Bertz CT molecular complexity index is 340. The first kappa shape index (κ1) is 21.7. The van der Waals surface area contributed by atoms with Crippen molar-refractivity contribution >= 4 is 11.9 Å². The van der Waals surface area contributed by atoms with Crippen molar-refractivity contribution in [2.75, 3.05) is 6.54 Å². The molecule has 0 rings (SSSR count). The van der Waals surface area contributed by atoms with Crippen molar-refractivity contribution in [2.24, 2.45) is 0 Å². The largest absolute Gasteiger partial charge is 0.478 e. The van der Waals surface area contributed by atoms with Gasteiger partial charge in [-0.1, -0.05) is 84.1 Å². The van der Waals surface area contributed by atoms with Crippen LogP contribution in [0.4, 0.5) is 0 Å². The third-order valence-corrected chi connectivity index (χ3v) is 4.06. The molecule has 0 aromatic carbocycles. The fraction of sp³-hybridized carbons (Fsp3) is 0.789. The molecule has 0 saturated heterocycles. The molecule has 1 amide bonds. The van der Waals surface area contributed by atoms with Crippen molar-refractivity contribution in [1.82, 2.24) is 5.32 Å². The lowest BCUT2D eigenvalue weighted by Crippen LogP contribution is -2.27. The highest BCUT2D eigenvalue weighted by Gasteiger charge is 2.06. The van der Waals surface area contributed by atoms with E-state index in [2.05, 4.69) is 18.8 Å². The Morgan fingerprint density at radius 1 is 0.826 bits per heavy atom. The Labute approximate surface area is 141 Å². The molecule has 0 spiro atoms. The molecule has 0 radical (unpaired) electrons. The lowest BCUT2D eigenvalue weighted by atomic mass is 10.0. The van der Waals surface area contributed by atoms with Crippen LogP contribution in [0.5, 0.6) is 0 Å². The first-order valence-corrected chi connectivity index (χ1v) is 9.25. The van der Waals surface area contributed by atoms with E-state index in [0.29, 0.717) is 6.42 Å². The fourth-order valence-corrected chi connectivity index (χ4v) is 2.50. The number of amides is 1. The van der Waals surface area contributed by atoms with Crippen LogP contribution in [-0.4, -0.2) is 23.5 Å². The monoisotopic (exact) mass is 325 g/mol. The molecule has 134 valence electrons. The van der Waals surface area contributed by atoms with Gasteiger partial charge >= 0.3 is 5.97 Å². The number of carboxylic acid groups (broad SMARTS) is 1. The molecule has 0 aliphatic heterocycles. The third kappa shape index (κ3) is 15.4. The molecule has 4 heteroatoms. The van der Waals surface area contributed by atoms with Gasteiger partial charge in [0.05, 0.1) is 0 Å². The van der Waals surface area contributed by atoms with E-state index in [1.807, 2.05) is 0 Å². The van der Waals surface area contributed by atoms with Crippen LogP contribution in [0.1, 0.15) is 90.4 Å². The van der Waals surface area contributed by atoms with Gasteiger partial charge in [-0.2, -0.15) is 0 Å². The SMILES string of the molecule is C=C(CNC(=O)CCCCCCCCCCCCCC)C(=O)O. The zero-order valence-corrected chi connectivity index (χ0v) is 14.9. The summed E-state index contributed by atoms with van der Waals surface area (Å²) in [5, 5.41) is 11.2. The summed E-state index contributed by atoms with van der Waals surface area (Å²) in [6.45, 7) is 5.66. The molecule has 0 saturated carbocycles. The first-order chi connectivity index (χ1) is 11.1. The number of carboxylic acids is 1. The smallest absolute Gasteiger partial charge is 0.332 e. The van der Waals surface area contributed by atoms with E-state index in [4.69, 9.17) is 5.11 Å². The maximum atomic E-state index is 11.5. The zero-order valence-electron chi connectivity index (χ0n) is 14.9. The molecular weight excluding hydrogens is 290 g/mol. The Morgan fingerprint density at radius 3 is 1.70 bits per heavy atom. The highest BCUT2D eigenvalue weighted by molar-refractivity contribution is 5.87. The summed E-state index contributed by atoms with van der Waals surface area (Å²) in [6.07, 6.45) is 15.7. The summed E-state index contributed by atoms with van der Waals surface area (Å²) in [6, 6.07) is 0. The average Bonchev–Trinajstić information content (AvgIpc) is 2.53. The second-order valence-corrected chi connectivity index (χ2v) is 6.32. The molecule has 0 aliphatic rings. The van der Waals surface area contributed by atoms with Crippen LogP contribution in [-0.2, 0) is 9.59 Å². The minimum atomic E-state index is -1.06. The van der Waals surface area contributed by atoms with E-state index in [9.17, 15) is 9.59 Å². The van der Waals surface area contributed by atoms with E-state index >= 15 is 0 Å². The van der Waals surface area contributed by atoms with Crippen LogP contribution in [0, 0.1) is 0 Å². The number of rotatable bonds is 16. The summed E-state index contributed by atoms with van der Waals surface area (Å²) < 4.78 is 0. The van der Waals surface area contributed by atoms with E-state index in [1.54, 1.807) is 0 Å². The van der Waals surface area contributed by atoms with Gasteiger partial charge in [-0.15, -0.1) is 0 Å². The number of hydrogen-bond donors (Lipinski definition) is 2. The molecule has 0 heterocycles. The molecule has 0 atom stereocenters. The fourth-order valence-electron chi connectivity index (χ4n) is 2.50. The van der Waals surface area contributed by atoms with Crippen molar-refractivity contribution in [3.8, 4) is 0 Å². The summed E-state index contributed by atoms with van der Waals surface area (Å²) in [4.78, 5) is 22.0. The predicted octanol–water partition coefficient (Wildman–Crippen LogP) is 4.83. The van der Waals surface area contributed by atoms with Crippen LogP contribution in [0.25, 0.3) is 0 Å². The number of aliphatic carboxylic acids is 1. The number of carbonyl (C=O) groups excluding carboxylic acids is 1. The summed E-state index contributed by atoms with van der Waals surface area (Å²) in [5.41, 5.74) is 0.0213. The first-order valence-electron chi connectivity index (χ1n) is 9.25. The topological polar surface area (TPSA) is 66.4 Å². The van der Waals surface area contributed by atoms with Gasteiger partial charge in [0.1, 0.15) is 0 Å². The van der Waals surface area contributed by atoms with Gasteiger partial charge in [-0.25, -0.2) is 4.79 Å². The van der Waals surface area contributed by atoms with Crippen molar-refractivity contribution in [3.05, 3.63) is 12.2 Å². The molecule has 0 aliphatic carbocycles. The van der Waals surface area contributed by atoms with Crippen molar-refractivity contribution in [3.63, 3.8) is 0 Å². The summed E-state index contributed by atoms with van der Waals surface area (Å²) >= 11 is 0.